The van der Waals surface area contributed by atoms with E-state index in [9.17, 15) is 49.8 Å². The van der Waals surface area contributed by atoms with Crippen LogP contribution in [0, 0.1) is 30.3 Å². The molecule has 0 saturated carbocycles. The van der Waals surface area contributed by atoms with E-state index in [-0.39, 0.29) is 0 Å². The topological polar surface area (TPSA) is 168 Å². The summed E-state index contributed by atoms with van der Waals surface area (Å²) < 4.78 is 65.2. The molecule has 0 aliphatic carbocycles. The molecule has 0 saturated heterocycles. The number of halogens is 5. The van der Waals surface area contributed by atoms with Crippen molar-refractivity contribution in [2.75, 3.05) is 0 Å². The fourth-order valence-corrected chi connectivity index (χ4v) is 2.01. The van der Waals surface area contributed by atoms with Gasteiger partial charge in [0.25, 0.3) is 10.2 Å². The molecule has 0 N–H and O–H groups in total. The number of nitro groups is 3. The number of hydrogen-bond donors (Lipinski definition) is 0. The molecular weight excluding hydrogens is 381 g/mol. The van der Waals surface area contributed by atoms with Crippen LogP contribution in [0.5, 0.6) is 0 Å². The molecule has 0 spiro atoms. The Balaban J connectivity index is 2.98. The van der Waals surface area contributed by atoms with Gasteiger partial charge < -0.3 is 4.42 Å². The van der Waals surface area contributed by atoms with E-state index in [0.717, 1.165) is 0 Å². The highest BCUT2D eigenvalue weighted by Crippen LogP contribution is 2.99. The third kappa shape index (κ3) is 4.67. The fraction of sp³-hybridized carbons (Fsp3) is 0.667. The third-order valence-corrected chi connectivity index (χ3v) is 3.25. The number of nitrogens with zero attached hydrogens (tertiary/aromatic N) is 5. The van der Waals surface area contributed by atoms with Crippen LogP contribution >= 0.6 is 10.2 Å². The van der Waals surface area contributed by atoms with Gasteiger partial charge in [-0.3, -0.25) is 30.3 Å². The van der Waals surface area contributed by atoms with Crippen LogP contribution in [0.3, 0.4) is 0 Å². The van der Waals surface area contributed by atoms with Gasteiger partial charge in [-0.2, -0.15) is 0 Å². The van der Waals surface area contributed by atoms with Crippen LogP contribution in [0.2, 0.25) is 0 Å². The molecule has 0 aromatic carbocycles. The maximum Gasteiger partial charge on any atom is 0.700 e. The molecule has 0 radical (unpaired) electrons. The molecule has 1 heterocycles. The van der Waals surface area contributed by atoms with Crippen molar-refractivity contribution in [3.63, 3.8) is 0 Å². The average molecular weight is 387 g/mol. The Hall–Kier alpha value is -2.66. The number of aryl methyl sites for hydroxylation is 1. The Morgan fingerprint density at radius 3 is 1.71 bits per heavy atom. The van der Waals surface area contributed by atoms with Crippen molar-refractivity contribution in [2.24, 2.45) is 0 Å². The maximum atomic E-state index is 12.2. The van der Waals surface area contributed by atoms with Crippen LogP contribution < -0.4 is 0 Å². The van der Waals surface area contributed by atoms with E-state index in [1.165, 1.54) is 0 Å². The van der Waals surface area contributed by atoms with Crippen molar-refractivity contribution in [1.82, 2.24) is 10.2 Å². The third-order valence-electron chi connectivity index (χ3n) is 2.46. The zero-order chi connectivity index (χ0) is 19.0. The Bertz CT molecular complexity index is 668. The highest BCUT2D eigenvalue weighted by atomic mass is 32.5. The Morgan fingerprint density at radius 1 is 0.917 bits per heavy atom. The summed E-state index contributed by atoms with van der Waals surface area (Å²) in [4.78, 5) is 26.4. The average Bonchev–Trinajstić information content (AvgIpc) is 2.71. The number of hydrogen-bond acceptors (Lipinski definition) is 9. The van der Waals surface area contributed by atoms with Crippen LogP contribution in [0.1, 0.15) is 18.2 Å². The molecule has 0 fully saturated rings. The molecular formula is C6H6F5N5O7S. The SMILES string of the molecule is O=[N+]([O-])C(CCc1nnc(CS(F)(F)(F)(F)F)o1)([N+](=O)[O-])[N+](=O)[O-]. The lowest BCUT2D eigenvalue weighted by Gasteiger charge is -2.38. The van der Waals surface area contributed by atoms with Crippen molar-refractivity contribution >= 4 is 10.2 Å². The van der Waals surface area contributed by atoms with Crippen LogP contribution in [0.15, 0.2) is 4.42 Å². The molecule has 1 aromatic rings. The number of aromatic nitrogens is 2. The standard InChI is InChI=1S/C6H6F5N5O7S/c7-24(8,9,10,11)3-5-13-12-4(23-5)1-2-6(14(17)18,15(19)20)16(21)22/h1-3H2. The van der Waals surface area contributed by atoms with E-state index in [1.807, 2.05) is 0 Å². The Kier molecular flexibility index (Phi) is 3.97. The summed E-state index contributed by atoms with van der Waals surface area (Å²) in [6.07, 6.45) is -2.52. The minimum atomic E-state index is -9.92. The lowest BCUT2D eigenvalue weighted by Crippen LogP contribution is -2.53. The molecule has 0 aliphatic heterocycles. The molecule has 12 nitrogen and oxygen atoms in total. The molecule has 138 valence electrons. The van der Waals surface area contributed by atoms with Gasteiger partial charge in [-0.25, -0.2) is 0 Å². The van der Waals surface area contributed by atoms with Crippen molar-refractivity contribution in [3.05, 3.63) is 42.1 Å². The van der Waals surface area contributed by atoms with Gasteiger partial charge in [0.1, 0.15) is 0 Å². The summed E-state index contributed by atoms with van der Waals surface area (Å²) in [5.74, 6) is -9.27. The minimum Gasteiger partial charge on any atom is -0.424 e. The Labute approximate surface area is 126 Å². The highest BCUT2D eigenvalue weighted by Gasteiger charge is 2.70. The second kappa shape index (κ2) is 4.92. The van der Waals surface area contributed by atoms with E-state index in [1.54, 1.807) is 0 Å². The number of rotatable bonds is 8. The van der Waals surface area contributed by atoms with E-state index in [4.69, 9.17) is 0 Å². The second-order valence-electron chi connectivity index (χ2n) is 4.41. The highest BCUT2D eigenvalue weighted by molar-refractivity contribution is 8.45. The molecule has 18 heteroatoms. The predicted octanol–water partition coefficient (Wildman–Crippen LogP) is 2.28. The monoisotopic (exact) mass is 387 g/mol. The minimum absolute atomic E-state index is 0.943. The first-order chi connectivity index (χ1) is 10.5. The summed E-state index contributed by atoms with van der Waals surface area (Å²) in [5, 5.41) is 37.3. The summed E-state index contributed by atoms with van der Waals surface area (Å²) in [6, 6.07) is 0. The quantitative estimate of drug-likeness (QED) is 0.281. The molecule has 0 bridgehead atoms. The molecule has 1 aromatic heterocycles. The molecule has 1 rings (SSSR count). The normalized spacial score (nSPS) is 15.4. The first-order valence-corrected chi connectivity index (χ1v) is 7.56. The van der Waals surface area contributed by atoms with Crippen molar-refractivity contribution in [1.29, 1.82) is 0 Å². The molecule has 0 atom stereocenters. The van der Waals surface area contributed by atoms with E-state index in [2.05, 4.69) is 14.6 Å². The second-order valence-corrected chi connectivity index (χ2v) is 6.95. The Morgan fingerprint density at radius 2 is 1.33 bits per heavy atom. The van der Waals surface area contributed by atoms with Crippen LogP contribution in [-0.2, 0) is 12.2 Å². The van der Waals surface area contributed by atoms with Gasteiger partial charge in [0, 0.05) is 6.42 Å². The van der Waals surface area contributed by atoms with Crippen molar-refractivity contribution < 1.29 is 38.6 Å². The summed E-state index contributed by atoms with van der Waals surface area (Å²) >= 11 is 0. The smallest absolute Gasteiger partial charge is 0.424 e. The summed E-state index contributed by atoms with van der Waals surface area (Å²) in [5.41, 5.74) is 0. The zero-order valence-corrected chi connectivity index (χ0v) is 11.8. The van der Waals surface area contributed by atoms with E-state index >= 15 is 0 Å². The fourth-order valence-electron chi connectivity index (χ4n) is 1.43. The molecule has 0 unspecified atom stereocenters. The van der Waals surface area contributed by atoms with Gasteiger partial charge in [0.15, 0.2) is 26.9 Å². The van der Waals surface area contributed by atoms with Gasteiger partial charge in [0.05, 0.1) is 0 Å². The van der Waals surface area contributed by atoms with Gasteiger partial charge in [-0.1, -0.05) is 19.4 Å². The van der Waals surface area contributed by atoms with Crippen LogP contribution in [0.25, 0.3) is 0 Å². The largest absolute Gasteiger partial charge is 0.700 e. The van der Waals surface area contributed by atoms with E-state index in [0.29, 0.717) is 0 Å². The predicted molar refractivity (Wildman–Crippen MR) is 63.2 cm³/mol. The zero-order valence-electron chi connectivity index (χ0n) is 11.0. The van der Waals surface area contributed by atoms with Crippen molar-refractivity contribution in [3.8, 4) is 0 Å². The van der Waals surface area contributed by atoms with Gasteiger partial charge >= 0.3 is 5.79 Å². The molecule has 24 heavy (non-hydrogen) atoms. The maximum absolute atomic E-state index is 12.2. The lowest BCUT2D eigenvalue weighted by atomic mass is 10.2. The summed E-state index contributed by atoms with van der Waals surface area (Å²) in [6.45, 7) is 0. The van der Waals surface area contributed by atoms with Gasteiger partial charge in [-0.15, -0.1) is 10.2 Å². The van der Waals surface area contributed by atoms with Gasteiger partial charge in [0.2, 0.25) is 11.8 Å². The lowest BCUT2D eigenvalue weighted by molar-refractivity contribution is -0.970. The molecule has 0 amide bonds. The molecule has 0 aliphatic rings. The summed E-state index contributed by atoms with van der Waals surface area (Å²) in [7, 11) is -9.92. The first kappa shape index (κ1) is 19.4. The van der Waals surface area contributed by atoms with Crippen LogP contribution in [-0.4, -0.2) is 30.8 Å². The first-order valence-electron chi connectivity index (χ1n) is 5.44. The van der Waals surface area contributed by atoms with Gasteiger partial charge in [-0.05, 0) is 0 Å². The van der Waals surface area contributed by atoms with Crippen molar-refractivity contribution in [2.45, 2.75) is 24.4 Å². The van der Waals surface area contributed by atoms with E-state index < -0.39 is 61.2 Å². The van der Waals surface area contributed by atoms with Crippen LogP contribution in [0.4, 0.5) is 19.4 Å².